The van der Waals surface area contributed by atoms with E-state index in [1.54, 1.807) is 6.07 Å². The van der Waals surface area contributed by atoms with Gasteiger partial charge in [0.25, 0.3) is 0 Å². The number of rotatable bonds is 3. The number of carboxylic acids is 1. The van der Waals surface area contributed by atoms with Crippen LogP contribution in [0, 0.1) is 0 Å². The SMILES string of the molecule is CC.COc1cc(O)cc(CC(=O)O)c1. The van der Waals surface area contributed by atoms with E-state index in [1.165, 1.54) is 19.2 Å². The molecule has 4 heteroatoms. The third kappa shape index (κ3) is 4.90. The van der Waals surface area contributed by atoms with E-state index in [9.17, 15) is 4.79 Å². The van der Waals surface area contributed by atoms with Gasteiger partial charge in [0, 0.05) is 6.07 Å². The normalized spacial score (nSPS) is 8.73. The highest BCUT2D eigenvalue weighted by atomic mass is 16.5. The lowest BCUT2D eigenvalue weighted by Gasteiger charge is -2.03. The summed E-state index contributed by atoms with van der Waals surface area (Å²) in [5.74, 6) is -0.473. The molecule has 0 saturated heterocycles. The Bertz CT molecular complexity index is 320. The monoisotopic (exact) mass is 212 g/mol. The molecule has 0 atom stereocenters. The summed E-state index contributed by atoms with van der Waals surface area (Å²) in [6.45, 7) is 4.00. The topological polar surface area (TPSA) is 66.8 Å². The van der Waals surface area contributed by atoms with E-state index < -0.39 is 5.97 Å². The Morgan fingerprint density at radius 3 is 2.40 bits per heavy atom. The van der Waals surface area contributed by atoms with Crippen LogP contribution in [0.25, 0.3) is 0 Å². The third-order valence-corrected chi connectivity index (χ3v) is 1.54. The van der Waals surface area contributed by atoms with Crippen LogP contribution < -0.4 is 4.74 Å². The van der Waals surface area contributed by atoms with Crippen molar-refractivity contribution in [3.8, 4) is 11.5 Å². The molecule has 1 aromatic carbocycles. The largest absolute Gasteiger partial charge is 0.508 e. The molecule has 0 fully saturated rings. The molecule has 0 aromatic heterocycles. The van der Waals surface area contributed by atoms with Crippen LogP contribution in [0.15, 0.2) is 18.2 Å². The number of aliphatic carboxylic acids is 1. The fourth-order valence-corrected chi connectivity index (χ4v) is 1.04. The van der Waals surface area contributed by atoms with E-state index in [0.29, 0.717) is 11.3 Å². The van der Waals surface area contributed by atoms with Gasteiger partial charge in [-0.2, -0.15) is 0 Å². The lowest BCUT2D eigenvalue weighted by Crippen LogP contribution is -2.00. The average molecular weight is 212 g/mol. The van der Waals surface area contributed by atoms with Gasteiger partial charge in [-0.15, -0.1) is 0 Å². The molecule has 2 N–H and O–H groups in total. The van der Waals surface area contributed by atoms with Crippen molar-refractivity contribution >= 4 is 5.97 Å². The van der Waals surface area contributed by atoms with Crippen LogP contribution in [-0.2, 0) is 11.2 Å². The molecule has 84 valence electrons. The Morgan fingerprint density at radius 1 is 1.33 bits per heavy atom. The number of ether oxygens (including phenoxy) is 1. The van der Waals surface area contributed by atoms with Crippen LogP contribution in [0.3, 0.4) is 0 Å². The molecular weight excluding hydrogens is 196 g/mol. The first-order valence-corrected chi connectivity index (χ1v) is 4.70. The number of carboxylic acid groups (broad SMARTS) is 1. The number of phenolic OH excluding ortho intramolecular Hbond substituents is 1. The van der Waals surface area contributed by atoms with Crippen molar-refractivity contribution in [1.82, 2.24) is 0 Å². The van der Waals surface area contributed by atoms with Gasteiger partial charge in [-0.25, -0.2) is 0 Å². The van der Waals surface area contributed by atoms with E-state index in [1.807, 2.05) is 13.8 Å². The summed E-state index contributed by atoms with van der Waals surface area (Å²) in [4.78, 5) is 10.4. The van der Waals surface area contributed by atoms with Gasteiger partial charge in [-0.3, -0.25) is 4.79 Å². The minimum atomic E-state index is -0.937. The number of methoxy groups -OCH3 is 1. The van der Waals surface area contributed by atoms with Crippen molar-refractivity contribution in [1.29, 1.82) is 0 Å². The van der Waals surface area contributed by atoms with Gasteiger partial charge in [0.15, 0.2) is 0 Å². The molecule has 0 aliphatic heterocycles. The second-order valence-electron chi connectivity index (χ2n) is 2.61. The summed E-state index contributed by atoms with van der Waals surface area (Å²) >= 11 is 0. The molecule has 0 bridgehead atoms. The van der Waals surface area contributed by atoms with Gasteiger partial charge in [0.2, 0.25) is 0 Å². The van der Waals surface area contributed by atoms with Crippen LogP contribution in [-0.4, -0.2) is 23.3 Å². The number of benzene rings is 1. The first-order valence-electron chi connectivity index (χ1n) is 4.70. The Labute approximate surface area is 89.1 Å². The maximum Gasteiger partial charge on any atom is 0.307 e. The van der Waals surface area contributed by atoms with Crippen molar-refractivity contribution in [2.24, 2.45) is 0 Å². The predicted octanol–water partition coefficient (Wildman–Crippen LogP) is 2.05. The summed E-state index contributed by atoms with van der Waals surface area (Å²) in [7, 11) is 1.46. The minimum Gasteiger partial charge on any atom is -0.508 e. The van der Waals surface area contributed by atoms with Crippen LogP contribution in [0.4, 0.5) is 0 Å². The van der Waals surface area contributed by atoms with Gasteiger partial charge < -0.3 is 14.9 Å². The summed E-state index contributed by atoms with van der Waals surface area (Å²) in [5.41, 5.74) is 0.518. The van der Waals surface area contributed by atoms with Crippen molar-refractivity contribution in [2.45, 2.75) is 20.3 Å². The van der Waals surface area contributed by atoms with Crippen molar-refractivity contribution in [3.05, 3.63) is 23.8 Å². The summed E-state index contributed by atoms with van der Waals surface area (Å²) in [5, 5.41) is 17.7. The molecule has 0 heterocycles. The molecular formula is C11H16O4. The molecule has 0 aliphatic rings. The van der Waals surface area contributed by atoms with Gasteiger partial charge in [-0.1, -0.05) is 13.8 Å². The maximum absolute atomic E-state index is 10.4. The number of carbonyl (C=O) groups is 1. The highest BCUT2D eigenvalue weighted by Crippen LogP contribution is 2.21. The lowest BCUT2D eigenvalue weighted by atomic mass is 10.1. The maximum atomic E-state index is 10.4. The fourth-order valence-electron chi connectivity index (χ4n) is 1.04. The van der Waals surface area contributed by atoms with E-state index in [0.717, 1.165) is 0 Å². The Balaban J connectivity index is 0.000000921. The summed E-state index contributed by atoms with van der Waals surface area (Å²) in [6, 6.07) is 4.40. The molecule has 0 amide bonds. The van der Waals surface area contributed by atoms with Gasteiger partial charge in [-0.05, 0) is 17.7 Å². The van der Waals surface area contributed by atoms with Gasteiger partial charge >= 0.3 is 5.97 Å². The number of aromatic hydroxyl groups is 1. The van der Waals surface area contributed by atoms with Crippen LogP contribution in [0.5, 0.6) is 11.5 Å². The zero-order chi connectivity index (χ0) is 11.8. The van der Waals surface area contributed by atoms with Crippen LogP contribution in [0.1, 0.15) is 19.4 Å². The van der Waals surface area contributed by atoms with Gasteiger partial charge in [0.1, 0.15) is 11.5 Å². The molecule has 0 aliphatic carbocycles. The molecule has 0 saturated carbocycles. The van der Waals surface area contributed by atoms with Crippen LogP contribution in [0.2, 0.25) is 0 Å². The molecule has 0 spiro atoms. The first kappa shape index (κ1) is 13.3. The molecule has 0 unspecified atom stereocenters. The second kappa shape index (κ2) is 6.70. The summed E-state index contributed by atoms with van der Waals surface area (Å²) < 4.78 is 4.86. The van der Waals surface area contributed by atoms with Crippen LogP contribution >= 0.6 is 0 Å². The number of phenols is 1. The quantitative estimate of drug-likeness (QED) is 0.804. The molecule has 15 heavy (non-hydrogen) atoms. The van der Waals surface area contributed by atoms with Crippen molar-refractivity contribution in [3.63, 3.8) is 0 Å². The summed E-state index contributed by atoms with van der Waals surface area (Å²) in [6.07, 6.45) is -0.120. The Kier molecular flexibility index (Phi) is 5.94. The number of hydrogen-bond donors (Lipinski definition) is 2. The molecule has 1 rings (SSSR count). The highest BCUT2D eigenvalue weighted by molar-refractivity contribution is 5.70. The third-order valence-electron chi connectivity index (χ3n) is 1.54. The Morgan fingerprint density at radius 2 is 1.93 bits per heavy atom. The zero-order valence-electron chi connectivity index (χ0n) is 9.15. The molecule has 4 nitrogen and oxygen atoms in total. The number of hydrogen-bond acceptors (Lipinski definition) is 3. The van der Waals surface area contributed by atoms with Gasteiger partial charge in [0.05, 0.1) is 13.5 Å². The lowest BCUT2D eigenvalue weighted by molar-refractivity contribution is -0.136. The molecule has 0 radical (unpaired) electrons. The molecule has 1 aromatic rings. The second-order valence-corrected chi connectivity index (χ2v) is 2.61. The van der Waals surface area contributed by atoms with E-state index >= 15 is 0 Å². The smallest absolute Gasteiger partial charge is 0.307 e. The standard InChI is InChI=1S/C9H10O4.C2H6/c1-13-8-3-6(4-9(11)12)2-7(10)5-8;1-2/h2-3,5,10H,4H2,1H3,(H,11,12);1-2H3. The zero-order valence-corrected chi connectivity index (χ0v) is 9.15. The van der Waals surface area contributed by atoms with Crippen molar-refractivity contribution in [2.75, 3.05) is 7.11 Å². The predicted molar refractivity (Wildman–Crippen MR) is 57.3 cm³/mol. The minimum absolute atomic E-state index is 0.00981. The van der Waals surface area contributed by atoms with E-state index in [2.05, 4.69) is 0 Å². The first-order chi connectivity index (χ1) is 7.11. The fraction of sp³-hybridized carbons (Fsp3) is 0.364. The average Bonchev–Trinajstić information content (AvgIpc) is 2.18. The Hall–Kier alpha value is -1.71. The van der Waals surface area contributed by atoms with E-state index in [4.69, 9.17) is 14.9 Å². The van der Waals surface area contributed by atoms with E-state index in [-0.39, 0.29) is 12.2 Å². The highest BCUT2D eigenvalue weighted by Gasteiger charge is 2.04. The van der Waals surface area contributed by atoms with Crippen molar-refractivity contribution < 1.29 is 19.7 Å².